The van der Waals surface area contributed by atoms with Crippen molar-refractivity contribution in [1.29, 1.82) is 0 Å². The number of methoxy groups -OCH3 is 1. The van der Waals surface area contributed by atoms with Gasteiger partial charge in [-0.3, -0.25) is 4.79 Å². The van der Waals surface area contributed by atoms with E-state index in [0.717, 1.165) is 5.56 Å². The number of allylic oxidation sites excluding steroid dienone is 1. The van der Waals surface area contributed by atoms with Crippen LogP contribution >= 0.6 is 0 Å². The van der Waals surface area contributed by atoms with Gasteiger partial charge < -0.3 is 4.74 Å². The van der Waals surface area contributed by atoms with Crippen molar-refractivity contribution in [3.63, 3.8) is 0 Å². The molecule has 2 aromatic rings. The highest BCUT2D eigenvalue weighted by Gasteiger charge is 2.02. The first kappa shape index (κ1) is 13.0. The molecule has 0 spiro atoms. The van der Waals surface area contributed by atoms with E-state index in [2.05, 4.69) is 0 Å². The molecule has 0 radical (unpaired) electrons. The summed E-state index contributed by atoms with van der Waals surface area (Å²) in [6.45, 7) is 0. The molecule has 96 valence electrons. The summed E-state index contributed by atoms with van der Waals surface area (Å²) in [5.41, 5.74) is 1.33. The predicted octanol–water partition coefficient (Wildman–Crippen LogP) is 3.73. The van der Waals surface area contributed by atoms with Crippen LogP contribution in [0.25, 0.3) is 6.08 Å². The average Bonchev–Trinajstić information content (AvgIpc) is 2.46. The fourth-order valence-electron chi connectivity index (χ4n) is 1.62. The Bertz CT molecular complexity index is 600. The summed E-state index contributed by atoms with van der Waals surface area (Å²) >= 11 is 0. The van der Waals surface area contributed by atoms with Crippen molar-refractivity contribution in [2.45, 2.75) is 0 Å². The Labute approximate surface area is 111 Å². The van der Waals surface area contributed by atoms with E-state index in [1.807, 2.05) is 0 Å². The summed E-state index contributed by atoms with van der Waals surface area (Å²) in [7, 11) is 1.55. The first-order chi connectivity index (χ1) is 9.19. The van der Waals surface area contributed by atoms with E-state index in [-0.39, 0.29) is 11.6 Å². The van der Waals surface area contributed by atoms with Crippen molar-refractivity contribution in [3.8, 4) is 5.75 Å². The smallest absolute Gasteiger partial charge is 0.185 e. The molecule has 0 bridgehead atoms. The fourth-order valence-corrected chi connectivity index (χ4v) is 1.62. The Morgan fingerprint density at radius 1 is 1.16 bits per heavy atom. The molecule has 0 N–H and O–H groups in total. The third-order valence-corrected chi connectivity index (χ3v) is 2.65. The average molecular weight is 256 g/mol. The minimum atomic E-state index is -0.295. The van der Waals surface area contributed by atoms with Gasteiger partial charge in [0.25, 0.3) is 0 Å². The molecule has 0 aliphatic rings. The number of ether oxygens (including phenoxy) is 1. The van der Waals surface area contributed by atoms with E-state index in [1.54, 1.807) is 49.6 Å². The molecule has 19 heavy (non-hydrogen) atoms. The van der Waals surface area contributed by atoms with Crippen LogP contribution in [0.4, 0.5) is 4.39 Å². The number of carbonyl (C=O) groups excluding carboxylic acids is 1. The maximum Gasteiger partial charge on any atom is 0.185 e. The van der Waals surface area contributed by atoms with Crippen molar-refractivity contribution in [2.24, 2.45) is 0 Å². The standard InChI is InChI=1S/C16H13FO2/c1-19-15-4-2-3-13(11-15)16(18)10-7-12-5-8-14(17)9-6-12/h2-11H,1H3/b10-7+. The molecule has 0 aromatic heterocycles. The monoisotopic (exact) mass is 256 g/mol. The number of benzene rings is 2. The minimum Gasteiger partial charge on any atom is -0.497 e. The first-order valence-corrected chi connectivity index (χ1v) is 5.81. The van der Waals surface area contributed by atoms with Crippen LogP contribution in [0.15, 0.2) is 54.6 Å². The third kappa shape index (κ3) is 3.52. The predicted molar refractivity (Wildman–Crippen MR) is 72.8 cm³/mol. The van der Waals surface area contributed by atoms with E-state index in [9.17, 15) is 9.18 Å². The summed E-state index contributed by atoms with van der Waals surface area (Å²) in [6, 6.07) is 12.9. The molecule has 0 unspecified atom stereocenters. The molecule has 2 aromatic carbocycles. The highest BCUT2D eigenvalue weighted by Crippen LogP contribution is 2.14. The van der Waals surface area contributed by atoms with Gasteiger partial charge in [0, 0.05) is 5.56 Å². The molecule has 0 amide bonds. The lowest BCUT2D eigenvalue weighted by molar-refractivity contribution is 0.104. The van der Waals surface area contributed by atoms with E-state index in [1.165, 1.54) is 18.2 Å². The third-order valence-electron chi connectivity index (χ3n) is 2.65. The summed E-state index contributed by atoms with van der Waals surface area (Å²) in [4.78, 5) is 11.9. The Kier molecular flexibility index (Phi) is 4.08. The van der Waals surface area contributed by atoms with Gasteiger partial charge in [0.1, 0.15) is 11.6 Å². The second kappa shape index (κ2) is 5.96. The number of hydrogen-bond acceptors (Lipinski definition) is 2. The molecule has 2 nitrogen and oxygen atoms in total. The van der Waals surface area contributed by atoms with E-state index >= 15 is 0 Å². The zero-order valence-corrected chi connectivity index (χ0v) is 10.5. The molecule has 2 rings (SSSR count). The van der Waals surface area contributed by atoms with Crippen molar-refractivity contribution in [1.82, 2.24) is 0 Å². The largest absolute Gasteiger partial charge is 0.497 e. The molecular formula is C16H13FO2. The SMILES string of the molecule is COc1cccc(C(=O)/C=C/c2ccc(F)cc2)c1. The fraction of sp³-hybridized carbons (Fsp3) is 0.0625. The van der Waals surface area contributed by atoms with Gasteiger partial charge in [-0.25, -0.2) is 4.39 Å². The van der Waals surface area contributed by atoms with Crippen LogP contribution in [0.1, 0.15) is 15.9 Å². The molecule has 3 heteroatoms. The lowest BCUT2D eigenvalue weighted by atomic mass is 10.1. The normalized spacial score (nSPS) is 10.6. The van der Waals surface area contributed by atoms with Crippen molar-refractivity contribution in [3.05, 3.63) is 71.6 Å². The lowest BCUT2D eigenvalue weighted by Gasteiger charge is -2.01. The van der Waals surface area contributed by atoms with Gasteiger partial charge in [-0.2, -0.15) is 0 Å². The first-order valence-electron chi connectivity index (χ1n) is 5.81. The van der Waals surface area contributed by atoms with E-state index in [4.69, 9.17) is 4.74 Å². The van der Waals surface area contributed by atoms with Gasteiger partial charge in [-0.15, -0.1) is 0 Å². The van der Waals surface area contributed by atoms with Crippen LogP contribution in [0.2, 0.25) is 0 Å². The number of rotatable bonds is 4. The van der Waals surface area contributed by atoms with E-state index < -0.39 is 0 Å². The summed E-state index contributed by atoms with van der Waals surface area (Å²) in [6.07, 6.45) is 3.11. The second-order valence-corrected chi connectivity index (χ2v) is 3.98. The molecule has 0 fully saturated rings. The highest BCUT2D eigenvalue weighted by atomic mass is 19.1. The number of halogens is 1. The van der Waals surface area contributed by atoms with Crippen LogP contribution in [0.3, 0.4) is 0 Å². The molecule has 0 saturated heterocycles. The van der Waals surface area contributed by atoms with Gasteiger partial charge >= 0.3 is 0 Å². The molecule has 0 saturated carbocycles. The van der Waals surface area contributed by atoms with Crippen LogP contribution in [-0.2, 0) is 0 Å². The summed E-state index contributed by atoms with van der Waals surface area (Å²) < 4.78 is 17.8. The van der Waals surface area contributed by atoms with Crippen LogP contribution < -0.4 is 4.74 Å². The molecular weight excluding hydrogens is 243 g/mol. The van der Waals surface area contributed by atoms with E-state index in [0.29, 0.717) is 11.3 Å². The van der Waals surface area contributed by atoms with Crippen molar-refractivity contribution >= 4 is 11.9 Å². The van der Waals surface area contributed by atoms with Gasteiger partial charge in [-0.1, -0.05) is 30.3 Å². The zero-order chi connectivity index (χ0) is 13.7. The van der Waals surface area contributed by atoms with Gasteiger partial charge in [-0.05, 0) is 35.9 Å². The number of hydrogen-bond donors (Lipinski definition) is 0. The van der Waals surface area contributed by atoms with Crippen molar-refractivity contribution in [2.75, 3.05) is 7.11 Å². The van der Waals surface area contributed by atoms with Crippen LogP contribution in [0, 0.1) is 5.82 Å². The molecule has 0 aliphatic carbocycles. The maximum absolute atomic E-state index is 12.7. The van der Waals surface area contributed by atoms with Gasteiger partial charge in [0.15, 0.2) is 5.78 Å². The quantitative estimate of drug-likeness (QED) is 0.615. The van der Waals surface area contributed by atoms with Crippen molar-refractivity contribution < 1.29 is 13.9 Å². The molecule has 0 aliphatic heterocycles. The van der Waals surface area contributed by atoms with Gasteiger partial charge in [0.2, 0.25) is 0 Å². The Morgan fingerprint density at radius 3 is 2.58 bits per heavy atom. The topological polar surface area (TPSA) is 26.3 Å². The molecule has 0 atom stereocenters. The van der Waals surface area contributed by atoms with Crippen LogP contribution in [0.5, 0.6) is 5.75 Å². The van der Waals surface area contributed by atoms with Crippen LogP contribution in [-0.4, -0.2) is 12.9 Å². The summed E-state index contributed by atoms with van der Waals surface area (Å²) in [5.74, 6) is 0.223. The Balaban J connectivity index is 2.13. The lowest BCUT2D eigenvalue weighted by Crippen LogP contribution is -1.94. The van der Waals surface area contributed by atoms with Gasteiger partial charge in [0.05, 0.1) is 7.11 Å². The Hall–Kier alpha value is -2.42. The maximum atomic E-state index is 12.7. The zero-order valence-electron chi connectivity index (χ0n) is 10.5. The minimum absolute atomic E-state index is 0.122. The summed E-state index contributed by atoms with van der Waals surface area (Å²) in [5, 5.41) is 0. The molecule has 0 heterocycles. The second-order valence-electron chi connectivity index (χ2n) is 3.98. The Morgan fingerprint density at radius 2 is 1.89 bits per heavy atom. The highest BCUT2D eigenvalue weighted by molar-refractivity contribution is 6.07. The number of ketones is 1. The number of carbonyl (C=O) groups is 1.